The molecule has 0 aliphatic heterocycles. The average Bonchev–Trinajstić information content (AvgIpc) is 2.41. The standard InChI is InChI=1S/C16H16ClFN2S/c1-9-6-11(7-10(2)15(9)18)8-20-13-5-3-4-12(17)14(13)16(19)21/h3-7,20H,8H2,1-2H3,(H2,19,21). The Bertz CT molecular complexity index is 678. The molecule has 0 aliphatic carbocycles. The summed E-state index contributed by atoms with van der Waals surface area (Å²) in [4.78, 5) is 0.245. The highest BCUT2D eigenvalue weighted by atomic mass is 35.5. The molecule has 0 saturated heterocycles. The average molecular weight is 323 g/mol. The molecule has 0 fully saturated rings. The molecule has 2 aromatic carbocycles. The molecule has 2 rings (SSSR count). The van der Waals surface area contributed by atoms with Gasteiger partial charge in [0.05, 0.1) is 10.6 Å². The number of rotatable bonds is 4. The van der Waals surface area contributed by atoms with E-state index in [1.807, 2.05) is 24.3 Å². The fourth-order valence-corrected chi connectivity index (χ4v) is 2.81. The molecule has 0 heterocycles. The maximum atomic E-state index is 13.6. The number of aryl methyl sites for hydroxylation is 2. The van der Waals surface area contributed by atoms with Crippen LogP contribution in [0, 0.1) is 19.7 Å². The molecule has 110 valence electrons. The Labute approximate surface area is 134 Å². The van der Waals surface area contributed by atoms with Gasteiger partial charge in [-0.1, -0.05) is 42.0 Å². The summed E-state index contributed by atoms with van der Waals surface area (Å²) in [6, 6.07) is 9.07. The Morgan fingerprint density at radius 3 is 2.48 bits per heavy atom. The van der Waals surface area contributed by atoms with Crippen molar-refractivity contribution >= 4 is 34.5 Å². The van der Waals surface area contributed by atoms with Crippen molar-refractivity contribution in [2.75, 3.05) is 5.32 Å². The van der Waals surface area contributed by atoms with Crippen LogP contribution < -0.4 is 11.1 Å². The Kier molecular flexibility index (Phi) is 4.80. The molecular formula is C16H16ClFN2S. The minimum Gasteiger partial charge on any atom is -0.389 e. The monoisotopic (exact) mass is 322 g/mol. The third-order valence-corrected chi connectivity index (χ3v) is 3.76. The molecule has 21 heavy (non-hydrogen) atoms. The topological polar surface area (TPSA) is 38.0 Å². The lowest BCUT2D eigenvalue weighted by Crippen LogP contribution is -2.14. The lowest BCUT2D eigenvalue weighted by molar-refractivity contribution is 0.608. The van der Waals surface area contributed by atoms with Crippen molar-refractivity contribution in [1.29, 1.82) is 0 Å². The maximum Gasteiger partial charge on any atom is 0.129 e. The van der Waals surface area contributed by atoms with Gasteiger partial charge in [-0.05, 0) is 42.7 Å². The minimum absolute atomic E-state index is 0.162. The highest BCUT2D eigenvalue weighted by molar-refractivity contribution is 7.80. The second-order valence-corrected chi connectivity index (χ2v) is 5.77. The van der Waals surface area contributed by atoms with Gasteiger partial charge in [-0.15, -0.1) is 0 Å². The summed E-state index contributed by atoms with van der Waals surface area (Å²) >= 11 is 11.2. The van der Waals surface area contributed by atoms with E-state index in [0.717, 1.165) is 11.3 Å². The molecule has 0 amide bonds. The van der Waals surface area contributed by atoms with Crippen LogP contribution >= 0.6 is 23.8 Å². The summed E-state index contributed by atoms with van der Waals surface area (Å²) in [5.74, 6) is -0.162. The van der Waals surface area contributed by atoms with Crippen LogP contribution in [0.15, 0.2) is 30.3 Å². The third-order valence-electron chi connectivity index (χ3n) is 3.24. The lowest BCUT2D eigenvalue weighted by atomic mass is 10.1. The van der Waals surface area contributed by atoms with Crippen molar-refractivity contribution in [3.63, 3.8) is 0 Å². The summed E-state index contributed by atoms with van der Waals surface area (Å²) < 4.78 is 13.6. The van der Waals surface area contributed by atoms with Gasteiger partial charge in [0.1, 0.15) is 10.8 Å². The molecule has 5 heteroatoms. The van der Waals surface area contributed by atoms with Crippen LogP contribution in [0.5, 0.6) is 0 Å². The molecule has 0 radical (unpaired) electrons. The normalized spacial score (nSPS) is 10.5. The summed E-state index contributed by atoms with van der Waals surface area (Å²) in [5.41, 5.74) is 9.36. The zero-order valence-corrected chi connectivity index (χ0v) is 13.4. The number of anilines is 1. The third kappa shape index (κ3) is 3.52. The zero-order chi connectivity index (χ0) is 15.6. The lowest BCUT2D eigenvalue weighted by Gasteiger charge is -2.13. The maximum absolute atomic E-state index is 13.6. The fourth-order valence-electron chi connectivity index (χ4n) is 2.26. The van der Waals surface area contributed by atoms with Crippen LogP contribution in [0.2, 0.25) is 5.02 Å². The molecular weight excluding hydrogens is 307 g/mol. The van der Waals surface area contributed by atoms with Crippen LogP contribution in [0.25, 0.3) is 0 Å². The number of hydrogen-bond acceptors (Lipinski definition) is 2. The van der Waals surface area contributed by atoms with Gasteiger partial charge in [0.25, 0.3) is 0 Å². The molecule has 0 saturated carbocycles. The van der Waals surface area contributed by atoms with Gasteiger partial charge in [-0.3, -0.25) is 0 Å². The van der Waals surface area contributed by atoms with Crippen molar-refractivity contribution in [2.45, 2.75) is 20.4 Å². The fraction of sp³-hybridized carbons (Fsp3) is 0.188. The van der Waals surface area contributed by atoms with E-state index in [0.29, 0.717) is 28.3 Å². The molecule has 0 atom stereocenters. The number of halogens is 2. The first-order valence-electron chi connectivity index (χ1n) is 6.48. The Morgan fingerprint density at radius 2 is 1.90 bits per heavy atom. The smallest absolute Gasteiger partial charge is 0.129 e. The number of nitrogens with one attached hydrogen (secondary N) is 1. The number of hydrogen-bond donors (Lipinski definition) is 2. The van der Waals surface area contributed by atoms with E-state index in [2.05, 4.69) is 5.32 Å². The molecule has 2 aromatic rings. The second-order valence-electron chi connectivity index (χ2n) is 4.92. The summed E-state index contributed by atoms with van der Waals surface area (Å²) in [7, 11) is 0. The van der Waals surface area contributed by atoms with E-state index in [-0.39, 0.29) is 10.8 Å². The van der Waals surface area contributed by atoms with Gasteiger partial charge >= 0.3 is 0 Å². The molecule has 3 N–H and O–H groups in total. The largest absolute Gasteiger partial charge is 0.389 e. The van der Waals surface area contributed by atoms with E-state index in [1.54, 1.807) is 19.9 Å². The number of benzene rings is 2. The molecule has 0 spiro atoms. The van der Waals surface area contributed by atoms with Crippen LogP contribution in [0.1, 0.15) is 22.3 Å². The number of thiocarbonyl (C=S) groups is 1. The SMILES string of the molecule is Cc1cc(CNc2cccc(Cl)c2C(N)=S)cc(C)c1F. The summed E-state index contributed by atoms with van der Waals surface area (Å²) in [6.45, 7) is 4.05. The molecule has 0 aliphatic rings. The van der Waals surface area contributed by atoms with Gasteiger partial charge in [-0.25, -0.2) is 4.39 Å². The minimum atomic E-state index is -0.162. The van der Waals surface area contributed by atoms with Crippen molar-refractivity contribution in [3.05, 3.63) is 63.4 Å². The first-order chi connectivity index (χ1) is 9.90. The van der Waals surface area contributed by atoms with Crippen LogP contribution in [-0.2, 0) is 6.54 Å². The predicted octanol–water partition coefficient (Wildman–Crippen LogP) is 4.34. The predicted molar refractivity (Wildman–Crippen MR) is 90.5 cm³/mol. The van der Waals surface area contributed by atoms with E-state index in [4.69, 9.17) is 29.6 Å². The van der Waals surface area contributed by atoms with E-state index in [9.17, 15) is 4.39 Å². The van der Waals surface area contributed by atoms with E-state index in [1.165, 1.54) is 0 Å². The van der Waals surface area contributed by atoms with Gasteiger partial charge in [-0.2, -0.15) is 0 Å². The Morgan fingerprint density at radius 1 is 1.29 bits per heavy atom. The van der Waals surface area contributed by atoms with E-state index >= 15 is 0 Å². The molecule has 2 nitrogen and oxygen atoms in total. The molecule has 0 aromatic heterocycles. The summed E-state index contributed by atoms with van der Waals surface area (Å²) in [6.07, 6.45) is 0. The van der Waals surface area contributed by atoms with Crippen molar-refractivity contribution in [2.24, 2.45) is 5.73 Å². The molecule has 0 unspecified atom stereocenters. The van der Waals surface area contributed by atoms with Gasteiger partial charge in [0.2, 0.25) is 0 Å². The Hall–Kier alpha value is -1.65. The first kappa shape index (κ1) is 15.7. The van der Waals surface area contributed by atoms with Crippen LogP contribution in [0.3, 0.4) is 0 Å². The zero-order valence-electron chi connectivity index (χ0n) is 11.8. The van der Waals surface area contributed by atoms with Crippen molar-refractivity contribution in [3.8, 4) is 0 Å². The second kappa shape index (κ2) is 6.41. The van der Waals surface area contributed by atoms with Gasteiger partial charge in [0.15, 0.2) is 0 Å². The highest BCUT2D eigenvalue weighted by Gasteiger charge is 2.10. The quantitative estimate of drug-likeness (QED) is 0.822. The molecule has 0 bridgehead atoms. The van der Waals surface area contributed by atoms with Gasteiger partial charge < -0.3 is 11.1 Å². The highest BCUT2D eigenvalue weighted by Crippen LogP contribution is 2.25. The van der Waals surface area contributed by atoms with Crippen LogP contribution in [0.4, 0.5) is 10.1 Å². The van der Waals surface area contributed by atoms with E-state index < -0.39 is 0 Å². The first-order valence-corrected chi connectivity index (χ1v) is 7.26. The Balaban J connectivity index is 2.25. The van der Waals surface area contributed by atoms with Crippen molar-refractivity contribution < 1.29 is 4.39 Å². The van der Waals surface area contributed by atoms with Crippen molar-refractivity contribution in [1.82, 2.24) is 0 Å². The summed E-state index contributed by atoms with van der Waals surface area (Å²) in [5, 5.41) is 3.76. The van der Waals surface area contributed by atoms with Crippen LogP contribution in [-0.4, -0.2) is 4.99 Å². The van der Waals surface area contributed by atoms with Gasteiger partial charge in [0, 0.05) is 12.2 Å². The number of nitrogens with two attached hydrogens (primary N) is 1.